The Bertz CT molecular complexity index is 1330. The minimum absolute atomic E-state index is 0.0171. The molecule has 0 bridgehead atoms. The molecule has 0 spiro atoms. The van der Waals surface area contributed by atoms with Crippen LogP contribution in [-0.4, -0.2) is 52.4 Å². The minimum atomic E-state index is -1.25. The number of H-pyrrole nitrogens is 1. The molecule has 3 fully saturated rings. The number of para-hydroxylation sites is 1. The molecule has 208 valence electrons. The third kappa shape index (κ3) is 4.49. The lowest BCUT2D eigenvalue weighted by Crippen LogP contribution is -2.58. The van der Waals surface area contributed by atoms with Crippen LogP contribution in [0, 0.1) is 29.1 Å². The number of aromatic amines is 1. The number of benzene rings is 1. The van der Waals surface area contributed by atoms with Gasteiger partial charge >= 0.3 is 0 Å². The molecule has 2 saturated heterocycles. The van der Waals surface area contributed by atoms with Crippen molar-refractivity contribution in [1.29, 1.82) is 0 Å². The number of carbonyl (C=O) groups excluding carboxylic acids is 3. The predicted molar refractivity (Wildman–Crippen MR) is 150 cm³/mol. The minimum Gasteiger partial charge on any atom is -0.396 e. The monoisotopic (exact) mass is 532 g/mol. The van der Waals surface area contributed by atoms with Gasteiger partial charge in [-0.1, -0.05) is 50.3 Å². The van der Waals surface area contributed by atoms with E-state index < -0.39 is 16.9 Å². The molecule has 8 atom stereocenters. The molecular formula is C32H40N2O5. The molecule has 1 aromatic carbocycles. The number of rotatable bonds is 11. The Morgan fingerprint density at radius 3 is 2.79 bits per heavy atom. The van der Waals surface area contributed by atoms with Gasteiger partial charge in [-0.3, -0.25) is 14.4 Å². The van der Waals surface area contributed by atoms with Crippen LogP contribution in [-0.2, 0) is 25.5 Å². The number of aliphatic hydroxyl groups excluding tert-OH is 1. The van der Waals surface area contributed by atoms with E-state index in [1.54, 1.807) is 6.92 Å². The lowest BCUT2D eigenvalue weighted by atomic mass is 9.51. The second kappa shape index (κ2) is 10.5. The Labute approximate surface area is 230 Å². The number of nitrogens with one attached hydrogen (secondary N) is 2. The Balaban J connectivity index is 1.53. The molecule has 1 amide bonds. The molecule has 0 radical (unpaired) electrons. The molecule has 39 heavy (non-hydrogen) atoms. The van der Waals surface area contributed by atoms with Crippen molar-refractivity contribution in [2.45, 2.75) is 71.1 Å². The van der Waals surface area contributed by atoms with Crippen molar-refractivity contribution in [1.82, 2.24) is 10.3 Å². The Morgan fingerprint density at radius 1 is 1.28 bits per heavy atom. The molecule has 1 aromatic heterocycles. The van der Waals surface area contributed by atoms with Gasteiger partial charge < -0.3 is 20.1 Å². The number of hydrogen-bond acceptors (Lipinski definition) is 5. The van der Waals surface area contributed by atoms with E-state index in [0.29, 0.717) is 24.8 Å². The van der Waals surface area contributed by atoms with Crippen LogP contribution < -0.4 is 5.32 Å². The summed E-state index contributed by atoms with van der Waals surface area (Å²) in [5.41, 5.74) is 1.19. The molecule has 3 N–H and O–H groups in total. The van der Waals surface area contributed by atoms with Crippen molar-refractivity contribution < 1.29 is 24.2 Å². The lowest BCUT2D eigenvalue weighted by Gasteiger charge is -2.46. The number of aliphatic hydroxyl groups is 1. The quantitative estimate of drug-likeness (QED) is 0.131. The number of carbonyl (C=O) groups is 3. The van der Waals surface area contributed by atoms with Crippen LogP contribution >= 0.6 is 0 Å². The fourth-order valence-corrected chi connectivity index (χ4v) is 7.50. The molecule has 2 aliphatic heterocycles. The topological polar surface area (TPSA) is 112 Å². The van der Waals surface area contributed by atoms with Crippen molar-refractivity contribution in [3.63, 3.8) is 0 Å². The van der Waals surface area contributed by atoms with E-state index in [1.165, 1.54) is 0 Å². The lowest BCUT2D eigenvalue weighted by molar-refractivity contribution is -0.148. The Hall–Kier alpha value is -3.03. The number of amides is 1. The molecule has 7 heteroatoms. The number of aromatic nitrogens is 1. The average molecular weight is 533 g/mol. The highest BCUT2D eigenvalue weighted by Crippen LogP contribution is 2.66. The van der Waals surface area contributed by atoms with Gasteiger partial charge in [0.05, 0.1) is 11.7 Å². The average Bonchev–Trinajstić information content (AvgIpc) is 3.32. The maximum Gasteiger partial charge on any atom is 0.235 e. The van der Waals surface area contributed by atoms with E-state index in [2.05, 4.69) is 30.2 Å². The van der Waals surface area contributed by atoms with Gasteiger partial charge in [-0.2, -0.15) is 0 Å². The molecule has 3 aliphatic rings. The first-order valence-corrected chi connectivity index (χ1v) is 14.2. The van der Waals surface area contributed by atoms with Crippen molar-refractivity contribution in [3.8, 4) is 0 Å². The first-order valence-electron chi connectivity index (χ1n) is 14.2. The summed E-state index contributed by atoms with van der Waals surface area (Å²) in [7, 11) is 0. The van der Waals surface area contributed by atoms with E-state index in [9.17, 15) is 19.5 Å². The van der Waals surface area contributed by atoms with Gasteiger partial charge in [0.15, 0.2) is 0 Å². The van der Waals surface area contributed by atoms with Crippen molar-refractivity contribution in [2.24, 2.45) is 29.1 Å². The van der Waals surface area contributed by atoms with Crippen LogP contribution in [0.3, 0.4) is 0 Å². The Morgan fingerprint density at radius 2 is 2.05 bits per heavy atom. The van der Waals surface area contributed by atoms with Crippen LogP contribution in [0.5, 0.6) is 0 Å². The van der Waals surface area contributed by atoms with Gasteiger partial charge in [0.2, 0.25) is 5.91 Å². The molecule has 0 unspecified atom stereocenters. The number of epoxide rings is 1. The summed E-state index contributed by atoms with van der Waals surface area (Å²) in [5.74, 6) is -0.849. The number of fused-ring (bicyclic) bond motifs is 3. The molecule has 2 aromatic rings. The van der Waals surface area contributed by atoms with Crippen LogP contribution in [0.25, 0.3) is 10.9 Å². The van der Waals surface area contributed by atoms with Gasteiger partial charge in [0, 0.05) is 48.0 Å². The second-order valence-electron chi connectivity index (χ2n) is 12.0. The highest BCUT2D eigenvalue weighted by atomic mass is 16.6. The molecule has 7 nitrogen and oxygen atoms in total. The summed E-state index contributed by atoms with van der Waals surface area (Å²) in [5, 5.41) is 13.9. The zero-order valence-corrected chi connectivity index (χ0v) is 23.3. The fraction of sp³-hybridized carbons (Fsp3) is 0.531. The molecule has 3 heterocycles. The van der Waals surface area contributed by atoms with E-state index in [0.717, 1.165) is 22.8 Å². The second-order valence-corrected chi connectivity index (χ2v) is 12.0. The van der Waals surface area contributed by atoms with Crippen LogP contribution in [0.4, 0.5) is 0 Å². The summed E-state index contributed by atoms with van der Waals surface area (Å²) in [6, 6.07) is 7.90. The van der Waals surface area contributed by atoms with Crippen molar-refractivity contribution in [2.75, 3.05) is 6.61 Å². The third-order valence-electron chi connectivity index (χ3n) is 9.56. The number of allylic oxidation sites excluding steroid dienone is 3. The normalized spacial score (nSPS) is 34.5. The SMILES string of the molecule is C/C(C=O)=C\[C@@H](C)C/C=C/[C@H]1[C@@H]2O[C@]2(C)[C@@H](C)[C@H]2[C@H](Cc3c[nH]c4ccccc34)NC(=O)[C@]21C(=O)CCCO. The van der Waals surface area contributed by atoms with E-state index in [1.807, 2.05) is 49.5 Å². The summed E-state index contributed by atoms with van der Waals surface area (Å²) in [6.45, 7) is 7.96. The van der Waals surface area contributed by atoms with Crippen molar-refractivity contribution >= 4 is 28.9 Å². The number of ether oxygens (including phenoxy) is 1. The highest BCUT2D eigenvalue weighted by molar-refractivity contribution is 6.09. The van der Waals surface area contributed by atoms with Gasteiger partial charge in [-0.25, -0.2) is 0 Å². The van der Waals surface area contributed by atoms with E-state index >= 15 is 0 Å². The fourth-order valence-electron chi connectivity index (χ4n) is 7.50. The standard InChI is InChI=1S/C32H40N2O5/c1-19(15-20(2)18-36)9-7-11-24-29-31(4,39-29)21(3)28-26(16-22-17-33-25-12-6-5-10-23(22)25)34-30(38)32(24,28)27(37)13-8-14-35/h5-7,10-12,15,17-19,21,24,26,28-29,33,35H,8-9,13-14,16H2,1-4H3,(H,34,38)/b11-7+,20-15+/t19-,21-,24-,26-,28-,29-,31+,32+/m0/s1. The first kappa shape index (κ1) is 27.5. The largest absolute Gasteiger partial charge is 0.396 e. The maximum absolute atomic E-state index is 14.1. The summed E-state index contributed by atoms with van der Waals surface area (Å²) in [6.07, 6.45) is 10.4. The number of hydrogen-bond donors (Lipinski definition) is 3. The molecular weight excluding hydrogens is 492 g/mol. The zero-order chi connectivity index (χ0) is 27.9. The maximum atomic E-state index is 14.1. The van der Waals surface area contributed by atoms with Gasteiger partial charge in [-0.15, -0.1) is 0 Å². The number of aldehydes is 1. The van der Waals surface area contributed by atoms with Crippen molar-refractivity contribution in [3.05, 3.63) is 59.8 Å². The summed E-state index contributed by atoms with van der Waals surface area (Å²) < 4.78 is 6.35. The van der Waals surface area contributed by atoms with Crippen LogP contribution in [0.2, 0.25) is 0 Å². The first-order chi connectivity index (χ1) is 18.7. The Kier molecular flexibility index (Phi) is 7.42. The van der Waals surface area contributed by atoms with Gasteiger partial charge in [0.25, 0.3) is 0 Å². The van der Waals surface area contributed by atoms with Crippen LogP contribution in [0.15, 0.2) is 54.3 Å². The zero-order valence-electron chi connectivity index (χ0n) is 23.3. The van der Waals surface area contributed by atoms with Crippen LogP contribution in [0.1, 0.15) is 52.5 Å². The highest BCUT2D eigenvalue weighted by Gasteiger charge is 2.78. The van der Waals surface area contributed by atoms with E-state index in [4.69, 9.17) is 4.74 Å². The third-order valence-corrected chi connectivity index (χ3v) is 9.56. The molecule has 1 saturated carbocycles. The van der Waals surface area contributed by atoms with E-state index in [-0.39, 0.29) is 54.6 Å². The smallest absolute Gasteiger partial charge is 0.235 e. The predicted octanol–water partition coefficient (Wildman–Crippen LogP) is 4.30. The summed E-state index contributed by atoms with van der Waals surface area (Å²) in [4.78, 5) is 42.6. The molecule has 1 aliphatic carbocycles. The van der Waals surface area contributed by atoms with Gasteiger partial charge in [-0.05, 0) is 62.1 Å². The number of ketones is 1. The number of Topliss-reactive ketones (excluding diaryl/α,β-unsaturated/α-hetero) is 1. The summed E-state index contributed by atoms with van der Waals surface area (Å²) >= 11 is 0. The molecule has 5 rings (SSSR count). The van der Waals surface area contributed by atoms with Gasteiger partial charge in [0.1, 0.15) is 17.5 Å².